The maximum absolute atomic E-state index is 11.8. The Morgan fingerprint density at radius 1 is 1.37 bits per heavy atom. The Balaban J connectivity index is 2.52. The summed E-state index contributed by atoms with van der Waals surface area (Å²) in [6.45, 7) is 3.12. The van der Waals surface area contributed by atoms with Gasteiger partial charge in [0.1, 0.15) is 0 Å². The van der Waals surface area contributed by atoms with E-state index in [4.69, 9.17) is 5.11 Å². The summed E-state index contributed by atoms with van der Waals surface area (Å²) in [5, 5.41) is 11.6. The molecule has 1 aromatic carbocycles. The molecule has 0 aliphatic heterocycles. The van der Waals surface area contributed by atoms with Gasteiger partial charge in [-0.25, -0.2) is 4.79 Å². The minimum Gasteiger partial charge on any atom is -0.395 e. The lowest BCUT2D eigenvalue weighted by molar-refractivity contribution is 0.180. The lowest BCUT2D eigenvalue weighted by Gasteiger charge is -2.20. The van der Waals surface area contributed by atoms with Gasteiger partial charge < -0.3 is 15.3 Å². The molecular weight excluding hydrogens is 264 g/mol. The van der Waals surface area contributed by atoms with Crippen molar-refractivity contribution in [3.05, 3.63) is 29.8 Å². The van der Waals surface area contributed by atoms with Crippen LogP contribution in [0.2, 0.25) is 0 Å². The number of amides is 2. The summed E-state index contributed by atoms with van der Waals surface area (Å²) in [7, 11) is -0.985. The van der Waals surface area contributed by atoms with Crippen LogP contribution in [0.3, 0.4) is 0 Å². The summed E-state index contributed by atoms with van der Waals surface area (Å²) in [4.78, 5) is 14.1. The summed E-state index contributed by atoms with van der Waals surface area (Å²) in [6, 6.07) is 7.09. The van der Waals surface area contributed by atoms with Gasteiger partial charge in [-0.1, -0.05) is 12.1 Å². The van der Waals surface area contributed by atoms with Crippen LogP contribution >= 0.6 is 0 Å². The van der Waals surface area contributed by atoms with Crippen LogP contribution in [-0.4, -0.2) is 46.2 Å². The van der Waals surface area contributed by atoms with Gasteiger partial charge >= 0.3 is 6.03 Å². The molecule has 2 amide bonds. The Hall–Kier alpha value is -1.40. The van der Waals surface area contributed by atoms with E-state index in [1.807, 2.05) is 19.1 Å². The van der Waals surface area contributed by atoms with Crippen LogP contribution in [0.1, 0.15) is 12.5 Å². The molecule has 5 nitrogen and oxygen atoms in total. The number of benzene rings is 1. The van der Waals surface area contributed by atoms with E-state index in [0.717, 1.165) is 10.5 Å². The van der Waals surface area contributed by atoms with Gasteiger partial charge in [-0.05, 0) is 24.6 Å². The zero-order valence-corrected chi connectivity index (χ0v) is 12.1. The Kier molecular flexibility index (Phi) is 6.52. The molecule has 2 N–H and O–H groups in total. The number of urea groups is 1. The van der Waals surface area contributed by atoms with Gasteiger partial charge in [-0.3, -0.25) is 4.21 Å². The summed E-state index contributed by atoms with van der Waals surface area (Å²) in [6.07, 6.45) is 1.63. The van der Waals surface area contributed by atoms with Gasteiger partial charge in [0, 0.05) is 41.6 Å². The van der Waals surface area contributed by atoms with E-state index in [1.54, 1.807) is 18.4 Å². The number of nitrogens with zero attached hydrogens (tertiary/aromatic N) is 1. The highest BCUT2D eigenvalue weighted by Crippen LogP contribution is 2.07. The molecule has 0 bridgehead atoms. The highest BCUT2D eigenvalue weighted by molar-refractivity contribution is 7.84. The lowest BCUT2D eigenvalue weighted by atomic mass is 10.2. The van der Waals surface area contributed by atoms with Gasteiger partial charge in [0.05, 0.1) is 6.61 Å². The quantitative estimate of drug-likeness (QED) is 0.817. The number of likely N-dealkylation sites (N-methyl/N-ethyl adjacent to an activating group) is 1. The summed E-state index contributed by atoms with van der Waals surface area (Å²) in [5.41, 5.74) is 0.947. The van der Waals surface area contributed by atoms with Crippen molar-refractivity contribution < 1.29 is 14.1 Å². The monoisotopic (exact) mass is 284 g/mol. The van der Waals surface area contributed by atoms with Gasteiger partial charge in [-0.2, -0.15) is 0 Å². The van der Waals surface area contributed by atoms with Crippen molar-refractivity contribution in [2.45, 2.75) is 18.4 Å². The first kappa shape index (κ1) is 15.7. The number of aliphatic hydroxyl groups excluding tert-OH is 1. The van der Waals surface area contributed by atoms with Gasteiger partial charge in [0.25, 0.3) is 0 Å². The van der Waals surface area contributed by atoms with Crippen molar-refractivity contribution in [3.8, 4) is 0 Å². The van der Waals surface area contributed by atoms with Gasteiger partial charge in [-0.15, -0.1) is 0 Å². The number of hydrogen-bond acceptors (Lipinski definition) is 3. The number of aliphatic hydroxyl groups is 1. The Labute approximate surface area is 116 Å². The minimum absolute atomic E-state index is 0.0434. The number of carbonyl (C=O) groups is 1. The van der Waals surface area contributed by atoms with E-state index in [1.165, 1.54) is 4.90 Å². The summed E-state index contributed by atoms with van der Waals surface area (Å²) in [5.74, 6) is 0. The van der Waals surface area contributed by atoms with Crippen molar-refractivity contribution in [3.63, 3.8) is 0 Å². The standard InChI is InChI=1S/C13H20N2O3S/c1-3-15(8-9-16)13(17)14-10-11-4-6-12(7-5-11)19(2)18/h4-7,16H,3,8-10H2,1-2H3,(H,14,17). The van der Waals surface area contributed by atoms with E-state index >= 15 is 0 Å². The van der Waals surface area contributed by atoms with Crippen molar-refractivity contribution in [1.82, 2.24) is 10.2 Å². The maximum atomic E-state index is 11.8. The molecule has 0 aliphatic rings. The van der Waals surface area contributed by atoms with Crippen LogP contribution in [-0.2, 0) is 17.3 Å². The first-order valence-electron chi connectivity index (χ1n) is 6.14. The molecule has 0 saturated heterocycles. The molecule has 1 rings (SSSR count). The first-order valence-corrected chi connectivity index (χ1v) is 7.70. The number of hydrogen-bond donors (Lipinski definition) is 2. The van der Waals surface area contributed by atoms with Crippen molar-refractivity contribution in [2.75, 3.05) is 26.0 Å². The number of rotatable bonds is 6. The van der Waals surface area contributed by atoms with Crippen molar-refractivity contribution >= 4 is 16.8 Å². The fraction of sp³-hybridized carbons (Fsp3) is 0.462. The molecule has 6 heteroatoms. The predicted molar refractivity (Wildman–Crippen MR) is 75.3 cm³/mol. The van der Waals surface area contributed by atoms with E-state index in [-0.39, 0.29) is 12.6 Å². The minimum atomic E-state index is -0.985. The lowest BCUT2D eigenvalue weighted by Crippen LogP contribution is -2.41. The fourth-order valence-corrected chi connectivity index (χ4v) is 2.13. The van der Waals surface area contributed by atoms with Crippen molar-refractivity contribution in [1.29, 1.82) is 0 Å². The Morgan fingerprint density at radius 3 is 2.47 bits per heavy atom. The molecule has 0 saturated carbocycles. The third-order valence-corrected chi connectivity index (χ3v) is 3.67. The van der Waals surface area contributed by atoms with E-state index in [2.05, 4.69) is 5.32 Å². The average Bonchev–Trinajstić information content (AvgIpc) is 2.42. The Morgan fingerprint density at radius 2 is 2.00 bits per heavy atom. The normalized spacial score (nSPS) is 11.9. The van der Waals surface area contributed by atoms with Crippen LogP contribution < -0.4 is 5.32 Å². The molecule has 1 aromatic rings. The molecule has 0 radical (unpaired) electrons. The van der Waals surface area contributed by atoms with E-state index in [9.17, 15) is 9.00 Å². The highest BCUT2D eigenvalue weighted by Gasteiger charge is 2.09. The second-order valence-corrected chi connectivity index (χ2v) is 5.44. The van der Waals surface area contributed by atoms with Crippen LogP contribution in [0.4, 0.5) is 4.79 Å². The molecule has 1 atom stereocenters. The molecule has 106 valence electrons. The average molecular weight is 284 g/mol. The van der Waals surface area contributed by atoms with Gasteiger partial charge in [0.2, 0.25) is 0 Å². The SMILES string of the molecule is CCN(CCO)C(=O)NCc1ccc(S(C)=O)cc1. The zero-order chi connectivity index (χ0) is 14.3. The number of nitrogens with one attached hydrogen (secondary N) is 1. The maximum Gasteiger partial charge on any atom is 0.317 e. The number of carbonyl (C=O) groups excluding carboxylic acids is 1. The molecule has 1 unspecified atom stereocenters. The van der Waals surface area contributed by atoms with Crippen LogP contribution in [0, 0.1) is 0 Å². The largest absolute Gasteiger partial charge is 0.395 e. The van der Waals surface area contributed by atoms with Gasteiger partial charge in [0.15, 0.2) is 0 Å². The third kappa shape index (κ3) is 5.00. The smallest absolute Gasteiger partial charge is 0.317 e. The molecular formula is C13H20N2O3S. The second-order valence-electron chi connectivity index (χ2n) is 4.06. The molecule has 0 aromatic heterocycles. The van der Waals surface area contributed by atoms with Crippen LogP contribution in [0.25, 0.3) is 0 Å². The zero-order valence-electron chi connectivity index (χ0n) is 11.3. The topological polar surface area (TPSA) is 69.6 Å². The molecule has 0 spiro atoms. The first-order chi connectivity index (χ1) is 9.08. The Bertz CT molecular complexity index is 434. The predicted octanol–water partition coefficient (Wildman–Crippen LogP) is 0.948. The van der Waals surface area contributed by atoms with E-state index < -0.39 is 10.8 Å². The van der Waals surface area contributed by atoms with Crippen molar-refractivity contribution in [2.24, 2.45) is 0 Å². The summed E-state index contributed by atoms with van der Waals surface area (Å²) >= 11 is 0. The highest BCUT2D eigenvalue weighted by atomic mass is 32.2. The molecule has 0 aliphatic carbocycles. The molecule has 19 heavy (non-hydrogen) atoms. The second kappa shape index (κ2) is 7.91. The van der Waals surface area contributed by atoms with Crippen LogP contribution in [0.5, 0.6) is 0 Å². The molecule has 0 fully saturated rings. The van der Waals surface area contributed by atoms with E-state index in [0.29, 0.717) is 19.6 Å². The van der Waals surface area contributed by atoms with Crippen LogP contribution in [0.15, 0.2) is 29.2 Å². The fourth-order valence-electron chi connectivity index (χ4n) is 1.61. The summed E-state index contributed by atoms with van der Waals surface area (Å²) < 4.78 is 11.2. The molecule has 0 heterocycles. The third-order valence-electron chi connectivity index (χ3n) is 2.74.